The van der Waals surface area contributed by atoms with E-state index < -0.39 is 7.37 Å². The molecule has 2 atom stereocenters. The zero-order chi connectivity index (χ0) is 25.1. The lowest BCUT2D eigenvalue weighted by molar-refractivity contribution is -0.167. The Morgan fingerprint density at radius 3 is 2.23 bits per heavy atom. The van der Waals surface area contributed by atoms with Crippen molar-refractivity contribution >= 4 is 18.0 Å². The molecule has 3 rings (SSSR count). The molecule has 3 aromatic rings. The summed E-state index contributed by atoms with van der Waals surface area (Å²) in [5, 5.41) is 10.2. The van der Waals surface area contributed by atoms with E-state index in [1.54, 1.807) is 36.4 Å². The van der Waals surface area contributed by atoms with Crippen molar-refractivity contribution in [2.45, 2.75) is 25.5 Å². The molecular weight excluding hydrogens is 459 g/mol. The highest BCUT2D eigenvalue weighted by molar-refractivity contribution is 7.72. The van der Waals surface area contributed by atoms with Crippen molar-refractivity contribution in [3.8, 4) is 6.07 Å². The first-order chi connectivity index (χ1) is 16.9. The van der Waals surface area contributed by atoms with E-state index in [0.29, 0.717) is 49.9 Å². The van der Waals surface area contributed by atoms with Crippen LogP contribution in [0.1, 0.15) is 29.2 Å². The Balaban J connectivity index is 1.43. The van der Waals surface area contributed by atoms with Gasteiger partial charge in [-0.3, -0.25) is 4.90 Å². The second kappa shape index (κ2) is 13.3. The minimum atomic E-state index is -3.89. The minimum Gasteiger partial charge on any atom is -0.793 e. The average molecular weight is 492 g/mol. The molecule has 0 bridgehead atoms. The van der Waals surface area contributed by atoms with E-state index in [9.17, 15) is 14.7 Å². The van der Waals surface area contributed by atoms with Gasteiger partial charge in [-0.15, -0.1) is 0 Å². The summed E-state index contributed by atoms with van der Waals surface area (Å²) in [6.07, 6.45) is 1.32. The van der Waals surface area contributed by atoms with Crippen LogP contribution in [-0.4, -0.2) is 38.8 Å². The Hall–Kier alpha value is -2.78. The fourth-order valence-corrected chi connectivity index (χ4v) is 5.62. The molecule has 0 aliphatic carbocycles. The van der Waals surface area contributed by atoms with Crippen molar-refractivity contribution in [2.24, 2.45) is 0 Å². The molecule has 0 aliphatic heterocycles. The van der Waals surface area contributed by atoms with Crippen LogP contribution in [0.3, 0.4) is 0 Å². The third kappa shape index (κ3) is 7.35. The Bertz CT molecular complexity index is 1160. The second-order valence-electron chi connectivity index (χ2n) is 8.48. The molecule has 0 spiro atoms. The van der Waals surface area contributed by atoms with Gasteiger partial charge < -0.3 is 18.9 Å². The van der Waals surface area contributed by atoms with Gasteiger partial charge in [0.25, 0.3) is 0 Å². The SMILES string of the molecule is CN(C)C(C#N)c1ccccc1COCCOCCCc1ccccc1P(=O)([O-])c1ccccc1. The summed E-state index contributed by atoms with van der Waals surface area (Å²) in [6.45, 7) is 1.81. The molecule has 0 aromatic heterocycles. The molecular formula is C28H32N2O4P-. The van der Waals surface area contributed by atoms with Crippen LogP contribution in [0, 0.1) is 11.3 Å². The summed E-state index contributed by atoms with van der Waals surface area (Å²) in [5.41, 5.74) is 2.75. The molecule has 0 amide bonds. The van der Waals surface area contributed by atoms with Crippen LogP contribution in [0.2, 0.25) is 0 Å². The highest BCUT2D eigenvalue weighted by Crippen LogP contribution is 2.34. The van der Waals surface area contributed by atoms with Crippen molar-refractivity contribution in [3.63, 3.8) is 0 Å². The fourth-order valence-electron chi connectivity index (χ4n) is 3.94. The number of ether oxygens (including phenoxy) is 2. The molecule has 0 saturated carbocycles. The lowest BCUT2D eigenvalue weighted by atomic mass is 10.0. The van der Waals surface area contributed by atoms with Crippen LogP contribution in [0.4, 0.5) is 0 Å². The van der Waals surface area contributed by atoms with Gasteiger partial charge in [0, 0.05) is 17.2 Å². The van der Waals surface area contributed by atoms with E-state index >= 15 is 0 Å². The van der Waals surface area contributed by atoms with Gasteiger partial charge in [-0.05, 0) is 43.6 Å². The normalized spacial score (nSPS) is 13.8. The maximum atomic E-state index is 13.1. The lowest BCUT2D eigenvalue weighted by Crippen LogP contribution is -2.27. The molecule has 0 radical (unpaired) electrons. The monoisotopic (exact) mass is 491 g/mol. The zero-order valence-corrected chi connectivity index (χ0v) is 21.2. The van der Waals surface area contributed by atoms with Crippen LogP contribution in [0.15, 0.2) is 78.9 Å². The summed E-state index contributed by atoms with van der Waals surface area (Å²) in [4.78, 5) is 14.9. The van der Waals surface area contributed by atoms with E-state index in [2.05, 4.69) is 6.07 Å². The van der Waals surface area contributed by atoms with Crippen LogP contribution in [0.5, 0.6) is 0 Å². The third-order valence-electron chi connectivity index (χ3n) is 5.76. The quantitative estimate of drug-likeness (QED) is 0.268. The van der Waals surface area contributed by atoms with Crippen LogP contribution >= 0.6 is 7.37 Å². The maximum Gasteiger partial charge on any atom is 0.123 e. The number of nitrogens with zero attached hydrogens (tertiary/aromatic N) is 2. The Morgan fingerprint density at radius 1 is 0.886 bits per heavy atom. The molecule has 0 heterocycles. The highest BCUT2D eigenvalue weighted by atomic mass is 31.2. The standard InChI is InChI=1S/C28H33N2O4P/c1-30(2)27(21-29)26-16-8-6-12-24(26)22-34-20-19-33-18-10-13-23-11-7-9-17-28(23)35(31,32)25-14-4-3-5-15-25/h3-9,11-12,14-17,27H,10,13,18-20,22H2,1-2H3,(H,31,32)/p-1. The Labute approximate surface area is 208 Å². The number of nitriles is 1. The lowest BCUT2D eigenvalue weighted by Gasteiger charge is -2.26. The Kier molecular flexibility index (Phi) is 10.2. The van der Waals surface area contributed by atoms with Gasteiger partial charge in [-0.1, -0.05) is 78.9 Å². The number of aryl methyl sites for hydroxylation is 1. The number of hydrogen-bond acceptors (Lipinski definition) is 6. The predicted molar refractivity (Wildman–Crippen MR) is 137 cm³/mol. The van der Waals surface area contributed by atoms with Crippen molar-refractivity contribution < 1.29 is 18.9 Å². The smallest absolute Gasteiger partial charge is 0.123 e. The summed E-state index contributed by atoms with van der Waals surface area (Å²) >= 11 is 0. The minimum absolute atomic E-state index is 0.319. The van der Waals surface area contributed by atoms with E-state index in [1.807, 2.05) is 61.5 Å². The summed E-state index contributed by atoms with van der Waals surface area (Å²) in [6, 6.07) is 25.5. The first-order valence-electron chi connectivity index (χ1n) is 11.7. The molecule has 2 unspecified atom stereocenters. The molecule has 0 saturated heterocycles. The molecule has 3 aromatic carbocycles. The van der Waals surface area contributed by atoms with Gasteiger partial charge >= 0.3 is 0 Å². The van der Waals surface area contributed by atoms with E-state index in [0.717, 1.165) is 16.7 Å². The van der Waals surface area contributed by atoms with Gasteiger partial charge in [0.2, 0.25) is 0 Å². The van der Waals surface area contributed by atoms with Crippen molar-refractivity contribution in [1.29, 1.82) is 5.26 Å². The van der Waals surface area contributed by atoms with E-state index in [1.165, 1.54) is 0 Å². The number of rotatable bonds is 13. The molecule has 0 aliphatic rings. The largest absolute Gasteiger partial charge is 0.793 e. The summed E-state index contributed by atoms with van der Waals surface area (Å²) in [5.74, 6) is 0. The summed E-state index contributed by atoms with van der Waals surface area (Å²) in [7, 11) is -0.120. The molecule has 7 heteroatoms. The first kappa shape index (κ1) is 26.8. The van der Waals surface area contributed by atoms with Crippen molar-refractivity contribution in [2.75, 3.05) is 33.9 Å². The predicted octanol–water partition coefficient (Wildman–Crippen LogP) is 3.57. The van der Waals surface area contributed by atoms with Gasteiger partial charge in [-0.2, -0.15) is 5.26 Å². The maximum absolute atomic E-state index is 13.1. The van der Waals surface area contributed by atoms with Crippen LogP contribution in [-0.2, 0) is 27.1 Å². The van der Waals surface area contributed by atoms with Crippen molar-refractivity contribution in [1.82, 2.24) is 4.90 Å². The Morgan fingerprint density at radius 2 is 1.51 bits per heavy atom. The number of benzene rings is 3. The van der Waals surface area contributed by atoms with E-state index in [-0.39, 0.29) is 6.04 Å². The summed E-state index contributed by atoms with van der Waals surface area (Å²) < 4.78 is 24.5. The van der Waals surface area contributed by atoms with Gasteiger partial charge in [-0.25, -0.2) is 0 Å². The molecule has 35 heavy (non-hydrogen) atoms. The second-order valence-corrected chi connectivity index (χ2v) is 10.6. The highest BCUT2D eigenvalue weighted by Gasteiger charge is 2.18. The number of hydrogen-bond donors (Lipinski definition) is 0. The zero-order valence-electron chi connectivity index (χ0n) is 20.3. The van der Waals surface area contributed by atoms with Crippen molar-refractivity contribution in [3.05, 3.63) is 95.6 Å². The first-order valence-corrected chi connectivity index (χ1v) is 13.3. The molecule has 6 nitrogen and oxygen atoms in total. The average Bonchev–Trinajstić information content (AvgIpc) is 2.87. The molecule has 0 fully saturated rings. The van der Waals surface area contributed by atoms with Gasteiger partial charge in [0.05, 0.1) is 33.3 Å². The van der Waals surface area contributed by atoms with Gasteiger partial charge in [0.1, 0.15) is 6.04 Å². The third-order valence-corrected chi connectivity index (χ3v) is 7.81. The van der Waals surface area contributed by atoms with Gasteiger partial charge in [0.15, 0.2) is 0 Å². The molecule has 184 valence electrons. The fraction of sp³-hybridized carbons (Fsp3) is 0.321. The topological polar surface area (TPSA) is 85.6 Å². The molecule has 0 N–H and O–H groups in total. The van der Waals surface area contributed by atoms with Crippen LogP contribution in [0.25, 0.3) is 0 Å². The van der Waals surface area contributed by atoms with E-state index in [4.69, 9.17) is 9.47 Å². The van der Waals surface area contributed by atoms with Crippen LogP contribution < -0.4 is 15.5 Å².